The zero-order chi connectivity index (χ0) is 21.5. The number of aryl methyl sites for hydroxylation is 1. The molecule has 9 heteroatoms. The largest absolute Gasteiger partial charge is 0.462 e. The summed E-state index contributed by atoms with van der Waals surface area (Å²) in [6, 6.07) is 3.56. The van der Waals surface area contributed by atoms with Crippen LogP contribution in [0.5, 0.6) is 6.01 Å². The quantitative estimate of drug-likeness (QED) is 0.695. The van der Waals surface area contributed by atoms with Crippen molar-refractivity contribution in [2.75, 3.05) is 31.6 Å². The van der Waals surface area contributed by atoms with Gasteiger partial charge >= 0.3 is 12.2 Å². The van der Waals surface area contributed by atoms with Crippen LogP contribution in [0.25, 0.3) is 0 Å². The predicted octanol–water partition coefficient (Wildman–Crippen LogP) is 3.98. The topological polar surface area (TPSA) is 41.5 Å². The molecule has 4 rings (SSSR count). The van der Waals surface area contributed by atoms with E-state index in [1.54, 1.807) is 0 Å². The normalized spacial score (nSPS) is 19.8. The summed E-state index contributed by atoms with van der Waals surface area (Å²) in [5.41, 5.74) is 0.819. The molecule has 3 heterocycles. The Labute approximate surface area is 172 Å². The van der Waals surface area contributed by atoms with Crippen LogP contribution in [0.4, 0.5) is 23.2 Å². The number of likely N-dealkylation sites (tertiary alicyclic amines) is 1. The maximum Gasteiger partial charge on any atom is 0.418 e. The van der Waals surface area contributed by atoms with Gasteiger partial charge in [0.1, 0.15) is 12.4 Å². The monoisotopic (exact) mass is 424 g/mol. The third-order valence-corrected chi connectivity index (χ3v) is 5.94. The van der Waals surface area contributed by atoms with Gasteiger partial charge in [-0.15, -0.1) is 0 Å². The molecule has 0 saturated carbocycles. The molecule has 0 amide bonds. The number of hydrogen-bond acceptors (Lipinski definition) is 5. The molecule has 0 N–H and O–H groups in total. The van der Waals surface area contributed by atoms with Gasteiger partial charge in [0.25, 0.3) is 0 Å². The van der Waals surface area contributed by atoms with E-state index in [4.69, 9.17) is 4.74 Å². The van der Waals surface area contributed by atoms with Crippen LogP contribution < -0.4 is 9.64 Å². The number of aromatic nitrogens is 2. The fraction of sp³-hybridized carbons (Fsp3) is 0.524. The summed E-state index contributed by atoms with van der Waals surface area (Å²) >= 11 is 0. The second-order valence-corrected chi connectivity index (χ2v) is 7.91. The number of halogens is 4. The second kappa shape index (κ2) is 8.02. The smallest absolute Gasteiger partial charge is 0.418 e. The second-order valence-electron chi connectivity index (χ2n) is 7.91. The number of ether oxygens (including phenoxy) is 1. The Balaban J connectivity index is 1.59. The number of rotatable bonds is 4. The highest BCUT2D eigenvalue weighted by atomic mass is 19.4. The van der Waals surface area contributed by atoms with Crippen molar-refractivity contribution >= 4 is 5.69 Å². The number of nitrogens with zero attached hydrogens (tertiary/aromatic N) is 4. The van der Waals surface area contributed by atoms with Crippen molar-refractivity contribution in [1.29, 1.82) is 0 Å². The van der Waals surface area contributed by atoms with E-state index in [1.165, 1.54) is 4.90 Å². The van der Waals surface area contributed by atoms with Crippen LogP contribution in [-0.4, -0.2) is 47.7 Å². The summed E-state index contributed by atoms with van der Waals surface area (Å²) in [4.78, 5) is 12.5. The van der Waals surface area contributed by atoms with Crippen LogP contribution in [0.15, 0.2) is 18.2 Å². The number of alkyl halides is 3. The van der Waals surface area contributed by atoms with E-state index in [-0.39, 0.29) is 19.1 Å². The molecule has 0 spiro atoms. The average molecular weight is 424 g/mol. The molecule has 1 atom stereocenters. The van der Waals surface area contributed by atoms with Gasteiger partial charge in [0.15, 0.2) is 0 Å². The predicted molar refractivity (Wildman–Crippen MR) is 104 cm³/mol. The molecule has 162 valence electrons. The van der Waals surface area contributed by atoms with E-state index in [2.05, 4.69) is 14.9 Å². The number of fused-ring (bicyclic) bond motifs is 1. The number of anilines is 1. The summed E-state index contributed by atoms with van der Waals surface area (Å²) in [5, 5.41) is 0. The molecule has 1 fully saturated rings. The Morgan fingerprint density at radius 1 is 1.20 bits per heavy atom. The van der Waals surface area contributed by atoms with Crippen LogP contribution >= 0.6 is 0 Å². The Kier molecular flexibility index (Phi) is 5.57. The minimum Gasteiger partial charge on any atom is -0.462 e. The molecule has 2 aliphatic rings. The Morgan fingerprint density at radius 3 is 2.70 bits per heavy atom. The van der Waals surface area contributed by atoms with Gasteiger partial charge in [-0.1, -0.05) is 6.07 Å². The third kappa shape index (κ3) is 4.08. The maximum absolute atomic E-state index is 14.4. The van der Waals surface area contributed by atoms with E-state index in [0.29, 0.717) is 24.8 Å². The Bertz CT molecular complexity index is 934. The van der Waals surface area contributed by atoms with Gasteiger partial charge in [-0.2, -0.15) is 18.2 Å². The van der Waals surface area contributed by atoms with Crippen molar-refractivity contribution < 1.29 is 22.3 Å². The number of para-hydroxylation sites is 1. The lowest BCUT2D eigenvalue weighted by molar-refractivity contribution is -0.137. The van der Waals surface area contributed by atoms with Crippen LogP contribution in [-0.2, 0) is 19.1 Å². The SMILES string of the molecule is Cc1nc(OC[C@@H]2CCCN2C)nc2c1CCN(c1c(F)cccc1C(F)(F)F)C2. The Hall–Kier alpha value is -2.42. The van der Waals surface area contributed by atoms with Gasteiger partial charge < -0.3 is 14.5 Å². The molecule has 5 nitrogen and oxygen atoms in total. The first kappa shape index (κ1) is 20.8. The van der Waals surface area contributed by atoms with Gasteiger partial charge in [0.05, 0.1) is 23.5 Å². The summed E-state index contributed by atoms with van der Waals surface area (Å²) in [5.74, 6) is -0.889. The van der Waals surface area contributed by atoms with E-state index in [1.807, 2.05) is 14.0 Å². The van der Waals surface area contributed by atoms with E-state index < -0.39 is 23.2 Å². The summed E-state index contributed by atoms with van der Waals surface area (Å²) < 4.78 is 60.6. The molecule has 0 radical (unpaired) electrons. The third-order valence-electron chi connectivity index (χ3n) is 5.94. The fourth-order valence-corrected chi connectivity index (χ4v) is 4.27. The molecule has 30 heavy (non-hydrogen) atoms. The average Bonchev–Trinajstić information content (AvgIpc) is 3.10. The molecule has 1 aromatic carbocycles. The van der Waals surface area contributed by atoms with Crippen LogP contribution in [0, 0.1) is 12.7 Å². The lowest BCUT2D eigenvalue weighted by Gasteiger charge is -2.32. The zero-order valence-corrected chi connectivity index (χ0v) is 17.0. The first-order chi connectivity index (χ1) is 14.2. The summed E-state index contributed by atoms with van der Waals surface area (Å²) in [6.45, 7) is 3.66. The zero-order valence-electron chi connectivity index (χ0n) is 17.0. The van der Waals surface area contributed by atoms with Crippen molar-refractivity contribution in [3.05, 3.63) is 46.5 Å². The maximum atomic E-state index is 14.4. The van der Waals surface area contributed by atoms with Crippen LogP contribution in [0.2, 0.25) is 0 Å². The van der Waals surface area contributed by atoms with Gasteiger partial charge in [-0.25, -0.2) is 9.37 Å². The van der Waals surface area contributed by atoms with Crippen LogP contribution in [0.1, 0.15) is 35.4 Å². The van der Waals surface area contributed by atoms with Gasteiger partial charge in [-0.3, -0.25) is 0 Å². The van der Waals surface area contributed by atoms with E-state index in [9.17, 15) is 17.6 Å². The first-order valence-corrected chi connectivity index (χ1v) is 10.0. The molecule has 1 aromatic heterocycles. The summed E-state index contributed by atoms with van der Waals surface area (Å²) in [7, 11) is 2.05. The van der Waals surface area contributed by atoms with Crippen molar-refractivity contribution in [2.24, 2.45) is 0 Å². The molecule has 2 aromatic rings. The molecular formula is C21H24F4N4O. The van der Waals surface area contributed by atoms with Crippen molar-refractivity contribution in [3.8, 4) is 6.01 Å². The van der Waals surface area contributed by atoms with Crippen molar-refractivity contribution in [2.45, 2.75) is 44.9 Å². The minimum atomic E-state index is -4.64. The van der Waals surface area contributed by atoms with Crippen LogP contribution in [0.3, 0.4) is 0 Å². The van der Waals surface area contributed by atoms with Crippen molar-refractivity contribution in [1.82, 2.24) is 14.9 Å². The molecule has 1 saturated heterocycles. The van der Waals surface area contributed by atoms with E-state index in [0.717, 1.165) is 48.8 Å². The molecule has 2 aliphatic heterocycles. The lowest BCUT2D eigenvalue weighted by Crippen LogP contribution is -2.34. The highest BCUT2D eigenvalue weighted by molar-refractivity contribution is 5.57. The van der Waals surface area contributed by atoms with Gasteiger partial charge in [0, 0.05) is 18.3 Å². The fourth-order valence-electron chi connectivity index (χ4n) is 4.27. The number of benzene rings is 1. The van der Waals surface area contributed by atoms with E-state index >= 15 is 0 Å². The minimum absolute atomic E-state index is 0.0718. The molecule has 0 aliphatic carbocycles. The van der Waals surface area contributed by atoms with Crippen molar-refractivity contribution in [3.63, 3.8) is 0 Å². The number of likely N-dealkylation sites (N-methyl/N-ethyl adjacent to an activating group) is 1. The summed E-state index contributed by atoms with van der Waals surface area (Å²) in [6.07, 6.45) is -2.03. The van der Waals surface area contributed by atoms with Gasteiger partial charge in [-0.05, 0) is 57.5 Å². The standard InChI is InChI=1S/C21H24F4N4O/c1-13-15-8-10-29(19-16(21(23,24)25)6-3-7-17(19)22)11-18(15)27-20(26-13)30-12-14-5-4-9-28(14)2/h3,6-7,14H,4-5,8-12H2,1-2H3/t14-/m0/s1. The highest BCUT2D eigenvalue weighted by Gasteiger charge is 2.37. The lowest BCUT2D eigenvalue weighted by atomic mass is 10.0. The molecule has 0 unspecified atom stereocenters. The number of hydrogen-bond donors (Lipinski definition) is 0. The van der Waals surface area contributed by atoms with Gasteiger partial charge in [0.2, 0.25) is 0 Å². The Morgan fingerprint density at radius 2 is 2.00 bits per heavy atom. The molecular weight excluding hydrogens is 400 g/mol. The first-order valence-electron chi connectivity index (χ1n) is 10.0. The molecule has 0 bridgehead atoms. The highest BCUT2D eigenvalue weighted by Crippen LogP contribution is 2.39.